The van der Waals surface area contributed by atoms with Crippen molar-refractivity contribution in [1.29, 1.82) is 0 Å². The summed E-state index contributed by atoms with van der Waals surface area (Å²) in [5.74, 6) is 1.55. The van der Waals surface area contributed by atoms with Crippen LogP contribution in [0.1, 0.15) is 56.5 Å². The molecular formula is C27H26N4O4S. The first kappa shape index (κ1) is 22.7. The second-order valence-corrected chi connectivity index (χ2v) is 10.0. The zero-order valence-electron chi connectivity index (χ0n) is 20.0. The van der Waals surface area contributed by atoms with E-state index in [2.05, 4.69) is 17.0 Å². The molecule has 0 aliphatic carbocycles. The molecule has 4 aromatic rings. The molecule has 0 spiro atoms. The first-order valence-electron chi connectivity index (χ1n) is 12.4. The number of unbranched alkanes of at least 4 members (excludes halogenated alkanes) is 4. The van der Waals surface area contributed by atoms with E-state index in [9.17, 15) is 9.59 Å². The normalized spacial score (nSPS) is 18.2. The van der Waals surface area contributed by atoms with Gasteiger partial charge in [0.25, 0.3) is 11.5 Å². The van der Waals surface area contributed by atoms with Gasteiger partial charge >= 0.3 is 0 Å². The molecule has 8 nitrogen and oxygen atoms in total. The van der Waals surface area contributed by atoms with Crippen LogP contribution in [0.5, 0.6) is 11.5 Å². The molecule has 2 aromatic heterocycles. The van der Waals surface area contributed by atoms with E-state index < -0.39 is 6.10 Å². The number of para-hydroxylation sites is 3. The average molecular weight is 503 g/mol. The third-order valence-electron chi connectivity index (χ3n) is 6.61. The lowest BCUT2D eigenvalue weighted by molar-refractivity contribution is -0.113. The molecule has 1 unspecified atom stereocenters. The van der Waals surface area contributed by atoms with Crippen LogP contribution in [0.15, 0.2) is 53.3 Å². The summed E-state index contributed by atoms with van der Waals surface area (Å²) in [7, 11) is 0. The minimum Gasteiger partial charge on any atom is -0.485 e. The monoisotopic (exact) mass is 502 g/mol. The van der Waals surface area contributed by atoms with Crippen molar-refractivity contribution in [1.82, 2.24) is 14.6 Å². The van der Waals surface area contributed by atoms with Crippen LogP contribution in [0.4, 0.5) is 5.69 Å². The molecule has 1 amide bonds. The zero-order chi connectivity index (χ0) is 24.6. The molecular weight excluding hydrogens is 476 g/mol. The first-order valence-corrected chi connectivity index (χ1v) is 13.2. The van der Waals surface area contributed by atoms with E-state index in [1.54, 1.807) is 0 Å². The summed E-state index contributed by atoms with van der Waals surface area (Å²) in [5.41, 5.74) is 1.75. The summed E-state index contributed by atoms with van der Waals surface area (Å²) in [6, 6.07) is 15.1. The van der Waals surface area contributed by atoms with Crippen LogP contribution in [0, 0.1) is 0 Å². The highest BCUT2D eigenvalue weighted by atomic mass is 32.1. The van der Waals surface area contributed by atoms with Gasteiger partial charge in [-0.1, -0.05) is 74.3 Å². The third kappa shape index (κ3) is 3.83. The van der Waals surface area contributed by atoms with Gasteiger partial charge in [0.2, 0.25) is 4.96 Å². The highest BCUT2D eigenvalue weighted by Crippen LogP contribution is 2.36. The first-order chi connectivity index (χ1) is 17.7. The fraction of sp³-hybridized carbons (Fsp3) is 0.333. The molecule has 184 valence electrons. The Morgan fingerprint density at radius 2 is 1.78 bits per heavy atom. The predicted octanol–water partition coefficient (Wildman–Crippen LogP) is 3.90. The number of hydrogen-bond donors (Lipinski definition) is 0. The van der Waals surface area contributed by atoms with Crippen molar-refractivity contribution in [2.45, 2.75) is 45.1 Å². The van der Waals surface area contributed by atoms with Crippen LogP contribution in [0.25, 0.3) is 10.5 Å². The number of ether oxygens (including phenoxy) is 2. The third-order valence-corrected chi connectivity index (χ3v) is 7.64. The standard InChI is InChI=1S/C27H26N4O4S/c1-2-3-4-5-10-15-30-18-12-7-6-11-17(18)22(25(30)32)23-26(33)31-27(36-23)28-24(29-31)21-16-34-19-13-8-9-14-20(19)35-21/h6-9,11-14,21H,2-5,10,15-16H2,1H3/b23-22-. The van der Waals surface area contributed by atoms with Gasteiger partial charge in [-0.15, -0.1) is 5.10 Å². The Labute approximate surface area is 211 Å². The Bertz CT molecular complexity index is 1560. The Hall–Kier alpha value is -3.72. The van der Waals surface area contributed by atoms with E-state index in [0.717, 1.165) is 24.1 Å². The minimum atomic E-state index is -0.514. The molecule has 2 aliphatic heterocycles. The maximum absolute atomic E-state index is 13.5. The molecule has 4 heterocycles. The van der Waals surface area contributed by atoms with Crippen molar-refractivity contribution in [3.05, 3.63) is 74.8 Å². The number of hydrogen-bond acceptors (Lipinski definition) is 7. The lowest BCUT2D eigenvalue weighted by Gasteiger charge is -2.24. The van der Waals surface area contributed by atoms with Gasteiger partial charge in [0, 0.05) is 12.1 Å². The Morgan fingerprint density at radius 3 is 2.61 bits per heavy atom. The van der Waals surface area contributed by atoms with E-state index in [4.69, 9.17) is 9.47 Å². The number of aromatic nitrogens is 3. The lowest BCUT2D eigenvalue weighted by atomic mass is 10.1. The molecule has 2 aromatic carbocycles. The lowest BCUT2D eigenvalue weighted by Crippen LogP contribution is -2.33. The van der Waals surface area contributed by atoms with Gasteiger partial charge < -0.3 is 14.4 Å². The van der Waals surface area contributed by atoms with Crippen LogP contribution in [-0.2, 0) is 4.79 Å². The van der Waals surface area contributed by atoms with Crippen molar-refractivity contribution in [2.24, 2.45) is 0 Å². The van der Waals surface area contributed by atoms with E-state index in [1.807, 2.05) is 53.4 Å². The number of carbonyl (C=O) groups is 1. The minimum absolute atomic E-state index is 0.130. The van der Waals surface area contributed by atoms with Crippen LogP contribution in [-0.4, -0.2) is 33.7 Å². The Balaban J connectivity index is 1.33. The van der Waals surface area contributed by atoms with Gasteiger partial charge in [0.05, 0.1) is 11.3 Å². The quantitative estimate of drug-likeness (QED) is 0.357. The zero-order valence-corrected chi connectivity index (χ0v) is 20.8. The van der Waals surface area contributed by atoms with Gasteiger partial charge in [-0.3, -0.25) is 9.59 Å². The fourth-order valence-corrected chi connectivity index (χ4v) is 5.78. The van der Waals surface area contributed by atoms with Crippen LogP contribution in [0.3, 0.4) is 0 Å². The van der Waals surface area contributed by atoms with Crippen molar-refractivity contribution < 1.29 is 14.3 Å². The number of thiazole rings is 1. The summed E-state index contributed by atoms with van der Waals surface area (Å²) in [6.45, 7) is 3.08. The molecule has 0 fully saturated rings. The molecule has 0 saturated heterocycles. The fourth-order valence-electron chi connectivity index (χ4n) is 4.78. The maximum atomic E-state index is 13.5. The molecule has 36 heavy (non-hydrogen) atoms. The highest BCUT2D eigenvalue weighted by molar-refractivity contribution is 7.15. The van der Waals surface area contributed by atoms with Crippen LogP contribution >= 0.6 is 11.3 Å². The van der Waals surface area contributed by atoms with Crippen molar-refractivity contribution in [2.75, 3.05) is 18.1 Å². The highest BCUT2D eigenvalue weighted by Gasteiger charge is 2.34. The molecule has 1 atom stereocenters. The number of benzene rings is 2. The number of fused-ring (bicyclic) bond motifs is 3. The molecule has 0 N–H and O–H groups in total. The van der Waals surface area contributed by atoms with Gasteiger partial charge in [0.1, 0.15) is 11.1 Å². The number of rotatable bonds is 7. The number of amides is 1. The summed E-state index contributed by atoms with van der Waals surface area (Å²) < 4.78 is 13.4. The van der Waals surface area contributed by atoms with Crippen molar-refractivity contribution in [3.63, 3.8) is 0 Å². The Morgan fingerprint density at radius 1 is 1.00 bits per heavy atom. The van der Waals surface area contributed by atoms with Crippen molar-refractivity contribution in [3.8, 4) is 11.5 Å². The predicted molar refractivity (Wildman–Crippen MR) is 138 cm³/mol. The van der Waals surface area contributed by atoms with Crippen molar-refractivity contribution >= 4 is 33.5 Å². The number of nitrogens with zero attached hydrogens (tertiary/aromatic N) is 4. The van der Waals surface area contributed by atoms with Gasteiger partial charge in [-0.25, -0.2) is 0 Å². The molecule has 0 radical (unpaired) electrons. The van der Waals surface area contributed by atoms with E-state index in [1.165, 1.54) is 35.1 Å². The van der Waals surface area contributed by atoms with E-state index >= 15 is 0 Å². The summed E-state index contributed by atoms with van der Waals surface area (Å²) in [5, 5.41) is 4.44. The molecule has 9 heteroatoms. The van der Waals surface area contributed by atoms with Gasteiger partial charge in [-0.2, -0.15) is 9.50 Å². The maximum Gasteiger partial charge on any atom is 0.291 e. The summed E-state index contributed by atoms with van der Waals surface area (Å²) in [6.07, 6.45) is 5.05. The van der Waals surface area contributed by atoms with Crippen LogP contribution < -0.4 is 24.5 Å². The largest absolute Gasteiger partial charge is 0.485 e. The molecule has 0 bridgehead atoms. The molecule has 6 rings (SSSR count). The smallest absolute Gasteiger partial charge is 0.291 e. The topological polar surface area (TPSA) is 86.0 Å². The van der Waals surface area contributed by atoms with Gasteiger partial charge in [-0.05, 0) is 24.6 Å². The SMILES string of the molecule is CCCCCCCN1C(=O)/C(=c2\sc3nc(C4COc5ccccc5O4)nn3c2=O)c2ccccc21. The second-order valence-electron chi connectivity index (χ2n) is 9.03. The average Bonchev–Trinajstić information content (AvgIpc) is 3.54. The van der Waals surface area contributed by atoms with E-state index in [-0.39, 0.29) is 18.1 Å². The van der Waals surface area contributed by atoms with Gasteiger partial charge in [0.15, 0.2) is 23.4 Å². The van der Waals surface area contributed by atoms with Crippen LogP contribution in [0.2, 0.25) is 0 Å². The molecule has 0 saturated carbocycles. The number of carbonyl (C=O) groups excluding carboxylic acids is 1. The summed E-state index contributed by atoms with van der Waals surface area (Å²) >= 11 is 1.19. The molecule has 2 aliphatic rings. The second kappa shape index (κ2) is 9.39. The van der Waals surface area contributed by atoms with E-state index in [0.29, 0.717) is 38.9 Å². The summed E-state index contributed by atoms with van der Waals surface area (Å²) in [4.78, 5) is 33.8. The number of anilines is 1. The Kier molecular flexibility index (Phi) is 5.92.